The van der Waals surface area contributed by atoms with Crippen LogP contribution in [-0.4, -0.2) is 27.0 Å². The zero-order chi connectivity index (χ0) is 10.6. The number of carboxylic acids is 1. The van der Waals surface area contributed by atoms with Crippen LogP contribution < -0.4 is 5.32 Å². The summed E-state index contributed by atoms with van der Waals surface area (Å²) in [5.41, 5.74) is 0. The van der Waals surface area contributed by atoms with Gasteiger partial charge in [0.1, 0.15) is 5.82 Å². The lowest BCUT2D eigenvalue weighted by atomic mass is 10.2. The van der Waals surface area contributed by atoms with Gasteiger partial charge in [-0.3, -0.25) is 4.79 Å². The van der Waals surface area contributed by atoms with Gasteiger partial charge in [0.2, 0.25) is 5.13 Å². The minimum atomic E-state index is -0.808. The van der Waals surface area contributed by atoms with Crippen LogP contribution in [0.2, 0.25) is 0 Å². The molecule has 0 saturated heterocycles. The van der Waals surface area contributed by atoms with Crippen LogP contribution in [0.3, 0.4) is 0 Å². The van der Waals surface area contributed by atoms with Gasteiger partial charge in [0.05, 0.1) is 5.92 Å². The van der Waals surface area contributed by atoms with Crippen LogP contribution in [0.4, 0.5) is 5.13 Å². The average Bonchev–Trinajstić information content (AvgIpc) is 2.61. The summed E-state index contributed by atoms with van der Waals surface area (Å²) in [7, 11) is 0. The van der Waals surface area contributed by atoms with Crippen LogP contribution in [0.25, 0.3) is 0 Å². The van der Waals surface area contributed by atoms with Crippen LogP contribution in [0, 0.1) is 5.92 Å². The molecule has 1 unspecified atom stereocenters. The van der Waals surface area contributed by atoms with Crippen molar-refractivity contribution in [3.8, 4) is 0 Å². The Labute approximate surface area is 86.3 Å². The molecule has 14 heavy (non-hydrogen) atoms. The van der Waals surface area contributed by atoms with Gasteiger partial charge < -0.3 is 10.4 Å². The maximum absolute atomic E-state index is 10.5. The zero-order valence-corrected chi connectivity index (χ0v) is 8.97. The molecule has 0 spiro atoms. The second-order valence-electron chi connectivity index (χ2n) is 2.99. The number of aromatic nitrogens is 2. The maximum atomic E-state index is 10.5. The number of anilines is 1. The van der Waals surface area contributed by atoms with Crippen molar-refractivity contribution in [1.82, 2.24) is 9.36 Å². The second kappa shape index (κ2) is 4.90. The number of hydrogen-bond donors (Lipinski definition) is 2. The van der Waals surface area contributed by atoms with Crippen LogP contribution in [-0.2, 0) is 11.2 Å². The molecule has 1 rings (SSSR count). The standard InChI is InChI=1S/C8H13N3O2S/c1-3-6-10-8(14-11-6)9-4-5(2)7(12)13/h5H,3-4H2,1-2H3,(H,12,13)(H,9,10,11). The third kappa shape index (κ3) is 2.95. The number of nitrogens with zero attached hydrogens (tertiary/aromatic N) is 2. The molecule has 0 fully saturated rings. The summed E-state index contributed by atoms with van der Waals surface area (Å²) in [6.07, 6.45) is 0.798. The maximum Gasteiger partial charge on any atom is 0.308 e. The number of hydrogen-bond acceptors (Lipinski definition) is 5. The lowest BCUT2D eigenvalue weighted by molar-refractivity contribution is -0.140. The topological polar surface area (TPSA) is 75.1 Å². The van der Waals surface area contributed by atoms with Crippen molar-refractivity contribution in [3.63, 3.8) is 0 Å². The summed E-state index contributed by atoms with van der Waals surface area (Å²) in [6, 6.07) is 0. The third-order valence-electron chi connectivity index (χ3n) is 1.77. The summed E-state index contributed by atoms with van der Waals surface area (Å²) in [5, 5.41) is 12.3. The van der Waals surface area contributed by atoms with Crippen LogP contribution in [0.5, 0.6) is 0 Å². The Kier molecular flexibility index (Phi) is 3.82. The molecule has 78 valence electrons. The highest BCUT2D eigenvalue weighted by molar-refractivity contribution is 7.09. The minimum Gasteiger partial charge on any atom is -0.481 e. The molecule has 0 aliphatic rings. The van der Waals surface area contributed by atoms with E-state index in [1.165, 1.54) is 11.5 Å². The molecule has 0 amide bonds. The number of rotatable bonds is 5. The van der Waals surface area contributed by atoms with Crippen LogP contribution in [0.1, 0.15) is 19.7 Å². The van der Waals surface area contributed by atoms with Crippen molar-refractivity contribution < 1.29 is 9.90 Å². The smallest absolute Gasteiger partial charge is 0.308 e. The Morgan fingerprint density at radius 2 is 2.43 bits per heavy atom. The highest BCUT2D eigenvalue weighted by Crippen LogP contribution is 2.11. The largest absolute Gasteiger partial charge is 0.481 e. The fraction of sp³-hybridized carbons (Fsp3) is 0.625. The number of carboxylic acid groups (broad SMARTS) is 1. The van der Waals surface area contributed by atoms with E-state index < -0.39 is 11.9 Å². The van der Waals surface area contributed by atoms with Gasteiger partial charge in [0.25, 0.3) is 0 Å². The van der Waals surface area contributed by atoms with Crippen molar-refractivity contribution >= 4 is 22.6 Å². The molecule has 0 aromatic carbocycles. The molecule has 0 aliphatic carbocycles. The van der Waals surface area contributed by atoms with Crippen molar-refractivity contribution in [2.75, 3.05) is 11.9 Å². The Morgan fingerprint density at radius 1 is 1.71 bits per heavy atom. The Morgan fingerprint density at radius 3 is 2.93 bits per heavy atom. The average molecular weight is 215 g/mol. The molecule has 1 atom stereocenters. The van der Waals surface area contributed by atoms with Crippen molar-refractivity contribution in [2.24, 2.45) is 5.92 Å². The summed E-state index contributed by atoms with van der Waals surface area (Å²) in [6.45, 7) is 4.01. The van der Waals surface area contributed by atoms with Gasteiger partial charge in [-0.25, -0.2) is 4.98 Å². The second-order valence-corrected chi connectivity index (χ2v) is 3.74. The van der Waals surface area contributed by atoms with Gasteiger partial charge in [0, 0.05) is 24.5 Å². The first-order valence-corrected chi connectivity index (χ1v) is 5.20. The molecule has 5 nitrogen and oxygen atoms in total. The first-order chi connectivity index (χ1) is 6.63. The van der Waals surface area contributed by atoms with Gasteiger partial charge in [-0.2, -0.15) is 4.37 Å². The van der Waals surface area contributed by atoms with Gasteiger partial charge in [-0.1, -0.05) is 13.8 Å². The normalized spacial score (nSPS) is 12.4. The van der Waals surface area contributed by atoms with E-state index in [9.17, 15) is 4.79 Å². The first-order valence-electron chi connectivity index (χ1n) is 4.42. The molecular weight excluding hydrogens is 202 g/mol. The van der Waals surface area contributed by atoms with E-state index in [1.807, 2.05) is 6.92 Å². The van der Waals surface area contributed by atoms with Gasteiger partial charge in [-0.15, -0.1) is 0 Å². The summed E-state index contributed by atoms with van der Waals surface area (Å²) < 4.78 is 4.08. The quantitative estimate of drug-likeness (QED) is 0.772. The highest BCUT2D eigenvalue weighted by Gasteiger charge is 2.11. The van der Waals surface area contributed by atoms with Crippen molar-refractivity contribution in [3.05, 3.63) is 5.82 Å². The van der Waals surface area contributed by atoms with E-state index in [4.69, 9.17) is 5.11 Å². The molecular formula is C8H13N3O2S. The molecule has 0 saturated carbocycles. The predicted molar refractivity (Wildman–Crippen MR) is 54.6 cm³/mol. The number of aliphatic carboxylic acids is 1. The van der Waals surface area contributed by atoms with E-state index in [1.54, 1.807) is 6.92 Å². The third-order valence-corrected chi connectivity index (χ3v) is 2.48. The van der Waals surface area contributed by atoms with Crippen LogP contribution in [0.15, 0.2) is 0 Å². The minimum absolute atomic E-state index is 0.383. The summed E-state index contributed by atoms with van der Waals surface area (Å²) in [4.78, 5) is 14.7. The molecule has 2 N–H and O–H groups in total. The van der Waals surface area contributed by atoms with Crippen molar-refractivity contribution in [2.45, 2.75) is 20.3 Å². The van der Waals surface area contributed by atoms with E-state index in [2.05, 4.69) is 14.7 Å². The number of aryl methyl sites for hydroxylation is 1. The molecule has 1 heterocycles. The molecule has 0 aliphatic heterocycles. The SMILES string of the molecule is CCc1nsc(NCC(C)C(=O)O)n1. The fourth-order valence-electron chi connectivity index (χ4n) is 0.797. The molecule has 1 aromatic heterocycles. The first kappa shape index (κ1) is 10.9. The van der Waals surface area contributed by atoms with Crippen LogP contribution >= 0.6 is 11.5 Å². The molecule has 0 radical (unpaired) electrons. The summed E-state index contributed by atoms with van der Waals surface area (Å²) >= 11 is 1.26. The predicted octanol–water partition coefficient (Wildman–Crippen LogP) is 1.23. The molecule has 1 aromatic rings. The lowest BCUT2D eigenvalue weighted by Gasteiger charge is -2.05. The van der Waals surface area contributed by atoms with E-state index in [0.717, 1.165) is 12.2 Å². The Hall–Kier alpha value is -1.17. The lowest BCUT2D eigenvalue weighted by Crippen LogP contribution is -2.19. The zero-order valence-electron chi connectivity index (χ0n) is 8.15. The van der Waals surface area contributed by atoms with E-state index >= 15 is 0 Å². The molecule has 6 heteroatoms. The molecule has 0 bridgehead atoms. The number of nitrogens with one attached hydrogen (secondary N) is 1. The van der Waals surface area contributed by atoms with Crippen molar-refractivity contribution in [1.29, 1.82) is 0 Å². The number of carbonyl (C=O) groups is 1. The van der Waals surface area contributed by atoms with E-state index in [-0.39, 0.29) is 0 Å². The monoisotopic (exact) mass is 215 g/mol. The van der Waals surface area contributed by atoms with Gasteiger partial charge in [-0.05, 0) is 0 Å². The highest BCUT2D eigenvalue weighted by atomic mass is 32.1. The summed E-state index contributed by atoms with van der Waals surface area (Å²) in [5.74, 6) is -0.429. The fourth-order valence-corrected chi connectivity index (χ4v) is 1.45. The Bertz CT molecular complexity index is 313. The van der Waals surface area contributed by atoms with Gasteiger partial charge in [0.15, 0.2) is 0 Å². The Balaban J connectivity index is 2.41. The van der Waals surface area contributed by atoms with E-state index in [0.29, 0.717) is 11.7 Å². The van der Waals surface area contributed by atoms with Gasteiger partial charge >= 0.3 is 5.97 Å².